The zero-order valence-electron chi connectivity index (χ0n) is 13.3. The van der Waals surface area contributed by atoms with Gasteiger partial charge in [0, 0.05) is 24.5 Å². The molecule has 1 aliphatic heterocycles. The first-order chi connectivity index (χ1) is 9.99. The van der Waals surface area contributed by atoms with Gasteiger partial charge < -0.3 is 15.0 Å². The number of hydrogen-bond donors (Lipinski definition) is 1. The minimum atomic E-state index is 0.0985. The van der Waals surface area contributed by atoms with E-state index in [1.54, 1.807) is 11.3 Å². The van der Waals surface area contributed by atoms with Crippen molar-refractivity contribution in [2.75, 3.05) is 19.6 Å². The third-order valence-corrected chi connectivity index (χ3v) is 4.66. The van der Waals surface area contributed by atoms with Crippen LogP contribution in [0.4, 0.5) is 0 Å². The number of hydrogen-bond acceptors (Lipinski definition) is 5. The fraction of sp³-hybridized carbons (Fsp3) is 0.733. The first-order valence-corrected chi connectivity index (χ1v) is 8.48. The van der Waals surface area contributed by atoms with Crippen molar-refractivity contribution < 1.29 is 9.53 Å². The lowest BCUT2D eigenvalue weighted by Crippen LogP contribution is -2.50. The van der Waals surface area contributed by atoms with Crippen molar-refractivity contribution in [3.8, 4) is 0 Å². The Bertz CT molecular complexity index is 467. The number of nitrogens with one attached hydrogen (secondary N) is 1. The van der Waals surface area contributed by atoms with Gasteiger partial charge >= 0.3 is 0 Å². The lowest BCUT2D eigenvalue weighted by molar-refractivity contribution is -0.142. The Morgan fingerprint density at radius 2 is 2.19 bits per heavy atom. The molecule has 0 aliphatic carbocycles. The molecule has 0 bridgehead atoms. The average molecular weight is 311 g/mol. The van der Waals surface area contributed by atoms with Crippen molar-refractivity contribution >= 4 is 17.2 Å². The van der Waals surface area contributed by atoms with Gasteiger partial charge in [0.2, 0.25) is 5.91 Å². The molecule has 118 valence electrons. The van der Waals surface area contributed by atoms with E-state index in [0.717, 1.165) is 17.1 Å². The second-order valence-electron chi connectivity index (χ2n) is 5.68. The van der Waals surface area contributed by atoms with Crippen LogP contribution in [-0.2, 0) is 16.0 Å². The van der Waals surface area contributed by atoms with E-state index < -0.39 is 0 Å². The SMILES string of the molecule is CCc1nc([C@@H](C)NCC(=O)N2C[C@@H](C)O[C@@H](C)C2)cs1. The van der Waals surface area contributed by atoms with Crippen LogP contribution >= 0.6 is 11.3 Å². The summed E-state index contributed by atoms with van der Waals surface area (Å²) in [6, 6.07) is 0.0985. The lowest BCUT2D eigenvalue weighted by Gasteiger charge is -2.35. The Kier molecular flexibility index (Phi) is 5.72. The highest BCUT2D eigenvalue weighted by molar-refractivity contribution is 7.09. The molecule has 1 aromatic rings. The maximum absolute atomic E-state index is 12.3. The van der Waals surface area contributed by atoms with Gasteiger partial charge in [-0.1, -0.05) is 6.92 Å². The molecule has 6 heteroatoms. The van der Waals surface area contributed by atoms with Crippen LogP contribution in [0.3, 0.4) is 0 Å². The summed E-state index contributed by atoms with van der Waals surface area (Å²) in [5.74, 6) is 0.134. The molecule has 0 radical (unpaired) electrons. The van der Waals surface area contributed by atoms with Crippen molar-refractivity contribution in [1.29, 1.82) is 0 Å². The number of aromatic nitrogens is 1. The Balaban J connectivity index is 1.83. The average Bonchev–Trinajstić information content (AvgIpc) is 2.92. The minimum Gasteiger partial charge on any atom is -0.372 e. The topological polar surface area (TPSA) is 54.5 Å². The summed E-state index contributed by atoms with van der Waals surface area (Å²) < 4.78 is 5.65. The number of ether oxygens (including phenoxy) is 1. The third-order valence-electron chi connectivity index (χ3n) is 3.65. The summed E-state index contributed by atoms with van der Waals surface area (Å²) in [6.07, 6.45) is 1.18. The second-order valence-corrected chi connectivity index (χ2v) is 6.62. The summed E-state index contributed by atoms with van der Waals surface area (Å²) in [6.45, 7) is 9.86. The number of aryl methyl sites for hydroxylation is 1. The summed E-state index contributed by atoms with van der Waals surface area (Å²) in [4.78, 5) is 18.7. The Morgan fingerprint density at radius 3 is 2.76 bits per heavy atom. The molecular weight excluding hydrogens is 286 g/mol. The molecule has 2 heterocycles. The molecule has 1 aliphatic rings. The van der Waals surface area contributed by atoms with Crippen LogP contribution in [0, 0.1) is 0 Å². The number of nitrogens with zero attached hydrogens (tertiary/aromatic N) is 2. The van der Waals surface area contributed by atoms with Crippen LogP contribution in [0.2, 0.25) is 0 Å². The van der Waals surface area contributed by atoms with Gasteiger partial charge in [-0.15, -0.1) is 11.3 Å². The zero-order chi connectivity index (χ0) is 15.4. The van der Waals surface area contributed by atoms with Crippen molar-refractivity contribution in [3.63, 3.8) is 0 Å². The predicted molar refractivity (Wildman–Crippen MR) is 84.5 cm³/mol. The van der Waals surface area contributed by atoms with E-state index in [2.05, 4.69) is 22.6 Å². The Labute approximate surface area is 130 Å². The molecule has 1 aromatic heterocycles. The highest BCUT2D eigenvalue weighted by atomic mass is 32.1. The molecular formula is C15H25N3O2S. The van der Waals surface area contributed by atoms with Crippen LogP contribution in [0.15, 0.2) is 5.38 Å². The van der Waals surface area contributed by atoms with Gasteiger partial charge in [-0.3, -0.25) is 4.79 Å². The molecule has 3 atom stereocenters. The zero-order valence-corrected chi connectivity index (χ0v) is 14.1. The molecule has 1 N–H and O–H groups in total. The molecule has 0 spiro atoms. The maximum Gasteiger partial charge on any atom is 0.236 e. The number of morpholine rings is 1. The first-order valence-electron chi connectivity index (χ1n) is 7.60. The fourth-order valence-corrected chi connectivity index (χ4v) is 3.36. The monoisotopic (exact) mass is 311 g/mol. The van der Waals surface area contributed by atoms with Gasteiger partial charge in [0.25, 0.3) is 0 Å². The van der Waals surface area contributed by atoms with E-state index in [-0.39, 0.29) is 24.2 Å². The normalized spacial score (nSPS) is 24.1. The van der Waals surface area contributed by atoms with Crippen molar-refractivity contribution in [1.82, 2.24) is 15.2 Å². The van der Waals surface area contributed by atoms with Gasteiger partial charge in [-0.25, -0.2) is 4.98 Å². The second kappa shape index (κ2) is 7.33. The molecule has 0 unspecified atom stereocenters. The molecule has 1 saturated heterocycles. The van der Waals surface area contributed by atoms with Crippen molar-refractivity contribution in [2.45, 2.75) is 52.4 Å². The van der Waals surface area contributed by atoms with Crippen molar-refractivity contribution in [3.05, 3.63) is 16.1 Å². The minimum absolute atomic E-state index is 0.0985. The maximum atomic E-state index is 12.3. The van der Waals surface area contributed by atoms with E-state index in [4.69, 9.17) is 4.74 Å². The van der Waals surface area contributed by atoms with Gasteiger partial charge in [-0.2, -0.15) is 0 Å². The number of carbonyl (C=O) groups is 1. The summed E-state index contributed by atoms with van der Waals surface area (Å²) in [5.41, 5.74) is 1.02. The van der Waals surface area contributed by atoms with Crippen molar-refractivity contribution in [2.24, 2.45) is 0 Å². The van der Waals surface area contributed by atoms with Gasteiger partial charge in [0.15, 0.2) is 0 Å². The Morgan fingerprint density at radius 1 is 1.52 bits per heavy atom. The molecule has 0 aromatic carbocycles. The number of amides is 1. The first kappa shape index (κ1) is 16.4. The molecule has 1 fully saturated rings. The molecule has 0 saturated carbocycles. The van der Waals surface area contributed by atoms with Crippen LogP contribution in [0.1, 0.15) is 44.4 Å². The number of thiazole rings is 1. The lowest BCUT2D eigenvalue weighted by atomic mass is 10.2. The van der Waals surface area contributed by atoms with Crippen LogP contribution in [0.5, 0.6) is 0 Å². The number of carbonyl (C=O) groups excluding carboxylic acids is 1. The van der Waals surface area contributed by atoms with Crippen LogP contribution in [0.25, 0.3) is 0 Å². The quantitative estimate of drug-likeness (QED) is 0.903. The van der Waals surface area contributed by atoms with E-state index in [1.807, 2.05) is 25.7 Å². The van der Waals surface area contributed by atoms with Gasteiger partial charge in [0.1, 0.15) is 0 Å². The summed E-state index contributed by atoms with van der Waals surface area (Å²) in [7, 11) is 0. The highest BCUT2D eigenvalue weighted by Gasteiger charge is 2.25. The highest BCUT2D eigenvalue weighted by Crippen LogP contribution is 2.17. The smallest absolute Gasteiger partial charge is 0.236 e. The van der Waals surface area contributed by atoms with Crippen LogP contribution in [-0.4, -0.2) is 47.6 Å². The van der Waals surface area contributed by atoms with E-state index >= 15 is 0 Å². The van der Waals surface area contributed by atoms with Crippen LogP contribution < -0.4 is 5.32 Å². The number of rotatable bonds is 5. The Hall–Kier alpha value is -0.980. The molecule has 5 nitrogen and oxygen atoms in total. The summed E-state index contributed by atoms with van der Waals surface area (Å²) in [5, 5.41) is 6.48. The molecule has 2 rings (SSSR count). The third kappa shape index (κ3) is 4.49. The van der Waals surface area contributed by atoms with Gasteiger partial charge in [0.05, 0.1) is 29.5 Å². The van der Waals surface area contributed by atoms with E-state index in [0.29, 0.717) is 19.6 Å². The molecule has 21 heavy (non-hydrogen) atoms. The summed E-state index contributed by atoms with van der Waals surface area (Å²) >= 11 is 1.68. The fourth-order valence-electron chi connectivity index (χ4n) is 2.52. The van der Waals surface area contributed by atoms with E-state index in [1.165, 1.54) is 0 Å². The molecule has 1 amide bonds. The largest absolute Gasteiger partial charge is 0.372 e. The standard InChI is InChI=1S/C15H25N3O2S/c1-5-14-17-13(9-21-14)12(4)16-6-15(19)18-7-10(2)20-11(3)8-18/h9-12,16H,5-8H2,1-4H3/t10-,11+,12-/m1/s1. The van der Waals surface area contributed by atoms with E-state index in [9.17, 15) is 4.79 Å². The predicted octanol–water partition coefficient (Wildman–Crippen LogP) is 1.99. The van der Waals surface area contributed by atoms with Gasteiger partial charge in [-0.05, 0) is 27.2 Å².